The van der Waals surface area contributed by atoms with E-state index in [1.54, 1.807) is 18.2 Å². The Kier molecular flexibility index (Phi) is 7.96. The first-order valence-corrected chi connectivity index (χ1v) is 8.23. The SMILES string of the molecule is O=C(COC(=O)/C=C/c1ccccc1)NCCc1ccc(OC(F)F)cc1. The lowest BCUT2D eigenvalue weighted by atomic mass is 10.1. The molecule has 0 unspecified atom stereocenters. The van der Waals surface area contributed by atoms with Crippen molar-refractivity contribution in [2.45, 2.75) is 13.0 Å². The topological polar surface area (TPSA) is 64.6 Å². The van der Waals surface area contributed by atoms with E-state index in [1.165, 1.54) is 18.2 Å². The van der Waals surface area contributed by atoms with Crippen LogP contribution < -0.4 is 10.1 Å². The molecular weight excluding hydrogens is 356 g/mol. The minimum absolute atomic E-state index is 0.0771. The number of nitrogens with one attached hydrogen (secondary N) is 1. The van der Waals surface area contributed by atoms with Gasteiger partial charge in [-0.3, -0.25) is 4.79 Å². The number of carbonyl (C=O) groups excluding carboxylic acids is 2. The summed E-state index contributed by atoms with van der Waals surface area (Å²) in [5.41, 5.74) is 1.70. The zero-order valence-electron chi connectivity index (χ0n) is 14.4. The second-order valence-corrected chi connectivity index (χ2v) is 5.47. The van der Waals surface area contributed by atoms with E-state index in [9.17, 15) is 18.4 Å². The number of benzene rings is 2. The molecule has 0 atom stereocenters. The standard InChI is InChI=1S/C20H19F2NO4/c21-20(22)27-17-9-6-16(7-10-17)12-13-23-18(24)14-26-19(25)11-8-15-4-2-1-3-5-15/h1-11,20H,12-14H2,(H,23,24)/b11-8+. The minimum Gasteiger partial charge on any atom is -0.452 e. The van der Waals surface area contributed by atoms with Crippen molar-refractivity contribution in [1.82, 2.24) is 5.32 Å². The molecule has 0 saturated heterocycles. The fourth-order valence-corrected chi connectivity index (χ4v) is 2.15. The van der Waals surface area contributed by atoms with Gasteiger partial charge in [0.2, 0.25) is 0 Å². The van der Waals surface area contributed by atoms with E-state index in [-0.39, 0.29) is 12.4 Å². The van der Waals surface area contributed by atoms with Gasteiger partial charge in [0.25, 0.3) is 5.91 Å². The lowest BCUT2D eigenvalue weighted by Gasteiger charge is -2.07. The summed E-state index contributed by atoms with van der Waals surface area (Å²) < 4.78 is 33.2. The van der Waals surface area contributed by atoms with Crippen molar-refractivity contribution in [2.75, 3.05) is 13.2 Å². The highest BCUT2D eigenvalue weighted by molar-refractivity contribution is 5.89. The molecule has 2 rings (SSSR count). The third kappa shape index (κ3) is 8.13. The van der Waals surface area contributed by atoms with Crippen molar-refractivity contribution < 1.29 is 27.8 Å². The molecular formula is C20H19F2NO4. The largest absolute Gasteiger partial charge is 0.452 e. The molecule has 2 aromatic carbocycles. The van der Waals surface area contributed by atoms with E-state index >= 15 is 0 Å². The molecule has 2 aromatic rings. The van der Waals surface area contributed by atoms with Crippen LogP contribution in [-0.2, 0) is 20.7 Å². The van der Waals surface area contributed by atoms with Crippen LogP contribution in [0.2, 0.25) is 0 Å². The highest BCUT2D eigenvalue weighted by Crippen LogP contribution is 2.14. The van der Waals surface area contributed by atoms with E-state index in [4.69, 9.17) is 4.74 Å². The van der Waals surface area contributed by atoms with Crippen LogP contribution in [0.25, 0.3) is 6.08 Å². The van der Waals surface area contributed by atoms with E-state index in [1.807, 2.05) is 30.3 Å². The lowest BCUT2D eigenvalue weighted by Crippen LogP contribution is -2.30. The summed E-state index contributed by atoms with van der Waals surface area (Å²) in [6, 6.07) is 15.4. The van der Waals surface area contributed by atoms with Crippen molar-refractivity contribution >= 4 is 18.0 Å². The maximum Gasteiger partial charge on any atom is 0.387 e. The third-order valence-corrected chi connectivity index (χ3v) is 3.44. The fraction of sp³-hybridized carbons (Fsp3) is 0.200. The first kappa shape index (κ1) is 20.1. The molecule has 0 heterocycles. The second kappa shape index (κ2) is 10.7. The van der Waals surface area contributed by atoms with Crippen LogP contribution in [-0.4, -0.2) is 31.6 Å². The molecule has 0 aliphatic rings. The van der Waals surface area contributed by atoms with Crippen LogP contribution >= 0.6 is 0 Å². The summed E-state index contributed by atoms with van der Waals surface area (Å²) >= 11 is 0. The number of ether oxygens (including phenoxy) is 2. The summed E-state index contributed by atoms with van der Waals surface area (Å²) in [5, 5.41) is 2.62. The van der Waals surface area contributed by atoms with Crippen molar-refractivity contribution in [3.05, 3.63) is 71.8 Å². The van der Waals surface area contributed by atoms with Gasteiger partial charge in [-0.05, 0) is 35.8 Å². The Balaban J connectivity index is 1.64. The van der Waals surface area contributed by atoms with Gasteiger partial charge < -0.3 is 14.8 Å². The van der Waals surface area contributed by atoms with E-state index in [0.717, 1.165) is 11.1 Å². The van der Waals surface area contributed by atoms with Crippen LogP contribution in [0, 0.1) is 0 Å². The summed E-state index contributed by atoms with van der Waals surface area (Å²) in [6.45, 7) is -2.91. The Bertz CT molecular complexity index is 761. The highest BCUT2D eigenvalue weighted by atomic mass is 19.3. The smallest absolute Gasteiger partial charge is 0.387 e. The monoisotopic (exact) mass is 375 g/mol. The number of rotatable bonds is 9. The maximum atomic E-state index is 12.1. The van der Waals surface area contributed by atoms with Crippen LogP contribution in [0.15, 0.2) is 60.7 Å². The Labute approximate surface area is 155 Å². The Hall–Kier alpha value is -3.22. The second-order valence-electron chi connectivity index (χ2n) is 5.47. The Morgan fingerprint density at radius 1 is 1.04 bits per heavy atom. The van der Waals surface area contributed by atoms with Gasteiger partial charge in [0.05, 0.1) is 0 Å². The first-order valence-electron chi connectivity index (χ1n) is 8.23. The molecule has 27 heavy (non-hydrogen) atoms. The van der Waals surface area contributed by atoms with Crippen molar-refractivity contribution in [3.63, 3.8) is 0 Å². The molecule has 0 aliphatic carbocycles. The van der Waals surface area contributed by atoms with Gasteiger partial charge in [0, 0.05) is 12.6 Å². The highest BCUT2D eigenvalue weighted by Gasteiger charge is 2.06. The molecule has 0 spiro atoms. The van der Waals surface area contributed by atoms with Crippen LogP contribution in [0.3, 0.4) is 0 Å². The van der Waals surface area contributed by atoms with Gasteiger partial charge in [-0.1, -0.05) is 42.5 Å². The molecule has 1 N–H and O–H groups in total. The van der Waals surface area contributed by atoms with Gasteiger partial charge in [0.1, 0.15) is 5.75 Å². The zero-order chi connectivity index (χ0) is 19.5. The fourth-order valence-electron chi connectivity index (χ4n) is 2.15. The number of hydrogen-bond acceptors (Lipinski definition) is 4. The molecule has 0 radical (unpaired) electrons. The van der Waals surface area contributed by atoms with Gasteiger partial charge in [-0.25, -0.2) is 4.79 Å². The van der Waals surface area contributed by atoms with Gasteiger partial charge in [0.15, 0.2) is 6.61 Å². The van der Waals surface area contributed by atoms with Gasteiger partial charge in [-0.15, -0.1) is 0 Å². The predicted molar refractivity (Wildman–Crippen MR) is 96.2 cm³/mol. The normalized spacial score (nSPS) is 10.8. The van der Waals surface area contributed by atoms with Crippen molar-refractivity contribution in [1.29, 1.82) is 0 Å². The number of esters is 1. The molecule has 0 aromatic heterocycles. The Morgan fingerprint density at radius 2 is 1.74 bits per heavy atom. The average molecular weight is 375 g/mol. The predicted octanol–water partition coefficient (Wildman–Crippen LogP) is 3.20. The first-order chi connectivity index (χ1) is 13.0. The number of carbonyl (C=O) groups is 2. The molecule has 1 amide bonds. The summed E-state index contributed by atoms with van der Waals surface area (Å²) in [6.07, 6.45) is 3.36. The molecule has 0 saturated carbocycles. The number of hydrogen-bond donors (Lipinski definition) is 1. The van der Waals surface area contributed by atoms with Crippen molar-refractivity contribution in [3.8, 4) is 5.75 Å². The average Bonchev–Trinajstić information content (AvgIpc) is 2.66. The molecule has 7 heteroatoms. The van der Waals surface area contributed by atoms with Gasteiger partial charge in [-0.2, -0.15) is 8.78 Å². The van der Waals surface area contributed by atoms with E-state index < -0.39 is 18.5 Å². The summed E-state index contributed by atoms with van der Waals surface area (Å²) in [4.78, 5) is 23.2. The number of halogens is 2. The van der Waals surface area contributed by atoms with Crippen molar-refractivity contribution in [2.24, 2.45) is 0 Å². The zero-order valence-corrected chi connectivity index (χ0v) is 14.4. The molecule has 0 fully saturated rings. The van der Waals surface area contributed by atoms with Crippen LogP contribution in [0.1, 0.15) is 11.1 Å². The molecule has 5 nitrogen and oxygen atoms in total. The van der Waals surface area contributed by atoms with E-state index in [2.05, 4.69) is 10.1 Å². The third-order valence-electron chi connectivity index (χ3n) is 3.44. The maximum absolute atomic E-state index is 12.1. The summed E-state index contributed by atoms with van der Waals surface area (Å²) in [7, 11) is 0. The molecule has 0 aliphatic heterocycles. The van der Waals surface area contributed by atoms with Crippen LogP contribution in [0.5, 0.6) is 5.75 Å². The van der Waals surface area contributed by atoms with E-state index in [0.29, 0.717) is 13.0 Å². The summed E-state index contributed by atoms with van der Waals surface area (Å²) in [5.74, 6) is -0.953. The van der Waals surface area contributed by atoms with Gasteiger partial charge >= 0.3 is 12.6 Å². The Morgan fingerprint density at radius 3 is 2.41 bits per heavy atom. The van der Waals surface area contributed by atoms with Crippen LogP contribution in [0.4, 0.5) is 8.78 Å². The number of amides is 1. The molecule has 142 valence electrons. The quantitative estimate of drug-likeness (QED) is 0.540. The molecule has 0 bridgehead atoms. The lowest BCUT2D eigenvalue weighted by molar-refractivity contribution is -0.143. The number of alkyl halides is 2. The minimum atomic E-state index is -2.86.